The second-order valence-electron chi connectivity index (χ2n) is 7.39. The lowest BCUT2D eigenvalue weighted by atomic mass is 9.83. The topological polar surface area (TPSA) is 58.6 Å². The number of rotatable bonds is 4. The second kappa shape index (κ2) is 6.83. The number of fused-ring (bicyclic) bond motifs is 1. The van der Waals surface area contributed by atoms with E-state index in [1.807, 2.05) is 31.2 Å². The van der Waals surface area contributed by atoms with Gasteiger partial charge in [0.1, 0.15) is 11.6 Å². The van der Waals surface area contributed by atoms with Crippen molar-refractivity contribution < 1.29 is 13.6 Å². The van der Waals surface area contributed by atoms with Crippen LogP contribution in [0.4, 0.5) is 8.78 Å². The molecular formula is C21H21F2N3O. The number of halogens is 2. The Balaban J connectivity index is 1.53. The summed E-state index contributed by atoms with van der Waals surface area (Å²) in [4.78, 5) is 24.3. The lowest BCUT2D eigenvalue weighted by Gasteiger charge is -2.27. The Bertz CT molecular complexity index is 986. The van der Waals surface area contributed by atoms with Gasteiger partial charge in [-0.25, -0.2) is 13.8 Å². The number of pyridine rings is 1. The Morgan fingerprint density at radius 2 is 1.93 bits per heavy atom. The molecule has 4 nitrogen and oxygen atoms in total. The number of nitrogens with one attached hydrogen (secondary N) is 1. The number of aromatic amines is 1. The highest BCUT2D eigenvalue weighted by atomic mass is 19.3. The molecule has 1 aliphatic rings. The molecule has 1 saturated carbocycles. The van der Waals surface area contributed by atoms with Crippen molar-refractivity contribution in [2.45, 2.75) is 45.0 Å². The van der Waals surface area contributed by atoms with E-state index >= 15 is 0 Å². The molecule has 3 aromatic rings. The van der Waals surface area contributed by atoms with Crippen molar-refractivity contribution in [1.82, 2.24) is 15.0 Å². The Hall–Kier alpha value is -2.63. The predicted molar refractivity (Wildman–Crippen MR) is 99.7 cm³/mol. The summed E-state index contributed by atoms with van der Waals surface area (Å²) in [6.45, 7) is 1.90. The summed E-state index contributed by atoms with van der Waals surface area (Å²) < 4.78 is 26.6. The van der Waals surface area contributed by atoms with E-state index in [1.165, 1.54) is 0 Å². The first-order valence-corrected chi connectivity index (χ1v) is 9.21. The van der Waals surface area contributed by atoms with Crippen LogP contribution >= 0.6 is 0 Å². The van der Waals surface area contributed by atoms with E-state index in [1.54, 1.807) is 12.4 Å². The minimum Gasteiger partial charge on any atom is -0.342 e. The molecule has 0 unspecified atom stereocenters. The zero-order valence-electron chi connectivity index (χ0n) is 15.1. The summed E-state index contributed by atoms with van der Waals surface area (Å²) in [5.74, 6) is -2.03. The molecule has 1 fully saturated rings. The van der Waals surface area contributed by atoms with Gasteiger partial charge < -0.3 is 4.98 Å². The number of ketones is 1. The molecule has 1 aromatic carbocycles. The molecule has 0 spiro atoms. The predicted octanol–water partition coefficient (Wildman–Crippen LogP) is 4.87. The van der Waals surface area contributed by atoms with Gasteiger partial charge in [0.25, 0.3) is 0 Å². The van der Waals surface area contributed by atoms with Crippen LogP contribution in [0.5, 0.6) is 0 Å². The van der Waals surface area contributed by atoms with Crippen LogP contribution in [0.1, 0.15) is 37.2 Å². The summed E-state index contributed by atoms with van der Waals surface area (Å²) >= 11 is 0. The molecule has 2 aromatic heterocycles. The van der Waals surface area contributed by atoms with Crippen molar-refractivity contribution in [3.05, 3.63) is 48.2 Å². The first kappa shape index (κ1) is 17.8. The van der Waals surface area contributed by atoms with E-state index in [-0.39, 0.29) is 43.8 Å². The third-order valence-electron chi connectivity index (χ3n) is 5.32. The van der Waals surface area contributed by atoms with E-state index in [9.17, 15) is 13.6 Å². The Morgan fingerprint density at radius 3 is 2.63 bits per heavy atom. The van der Waals surface area contributed by atoms with Gasteiger partial charge in [-0.15, -0.1) is 0 Å². The Morgan fingerprint density at radius 1 is 1.15 bits per heavy atom. The van der Waals surface area contributed by atoms with Gasteiger partial charge in [0.05, 0.1) is 11.9 Å². The van der Waals surface area contributed by atoms with Crippen molar-refractivity contribution in [3.8, 4) is 11.3 Å². The number of aryl methyl sites for hydroxylation is 1. The maximum absolute atomic E-state index is 13.3. The number of nitrogens with zero attached hydrogens (tertiary/aromatic N) is 2. The molecule has 140 valence electrons. The molecule has 6 heteroatoms. The van der Waals surface area contributed by atoms with Crippen LogP contribution in [-0.2, 0) is 11.2 Å². The third-order valence-corrected chi connectivity index (χ3v) is 5.32. The maximum atomic E-state index is 13.3. The number of hydrogen-bond donors (Lipinski definition) is 1. The molecule has 0 amide bonds. The molecule has 0 saturated heterocycles. The molecule has 1 aliphatic carbocycles. The minimum absolute atomic E-state index is 0.0118. The Kier molecular flexibility index (Phi) is 4.50. The number of alkyl halides is 2. The van der Waals surface area contributed by atoms with Crippen LogP contribution in [-0.4, -0.2) is 26.7 Å². The number of benzene rings is 1. The first-order chi connectivity index (χ1) is 12.9. The highest BCUT2D eigenvalue weighted by Crippen LogP contribution is 2.36. The Labute approximate surface area is 156 Å². The van der Waals surface area contributed by atoms with Gasteiger partial charge in [0.15, 0.2) is 0 Å². The van der Waals surface area contributed by atoms with Crippen LogP contribution in [0.3, 0.4) is 0 Å². The van der Waals surface area contributed by atoms with E-state index in [2.05, 4.69) is 15.0 Å². The fourth-order valence-electron chi connectivity index (χ4n) is 3.70. The summed E-state index contributed by atoms with van der Waals surface area (Å²) in [5, 5.41) is 1.98. The van der Waals surface area contributed by atoms with Gasteiger partial charge in [0, 0.05) is 48.0 Å². The molecular weight excluding hydrogens is 348 g/mol. The van der Waals surface area contributed by atoms with Crippen molar-refractivity contribution in [2.75, 3.05) is 0 Å². The van der Waals surface area contributed by atoms with Gasteiger partial charge >= 0.3 is 0 Å². The second-order valence-corrected chi connectivity index (χ2v) is 7.39. The molecule has 4 rings (SSSR count). The zero-order chi connectivity index (χ0) is 19.0. The number of Topliss-reactive ketones (excluding diaryl/α,β-unsaturated/α-hetero) is 1. The standard InChI is InChI=1S/C21H21F2N3O/c1-13-24-12-19(26-13)15-2-3-16-11-25-18(9-17(16)8-15)10-20(27)14-4-6-21(22,23)7-5-14/h2-3,8-9,11-12,14H,4-7,10H2,1H3,(H,24,26). The molecule has 0 radical (unpaired) electrons. The van der Waals surface area contributed by atoms with Crippen LogP contribution in [0.15, 0.2) is 36.7 Å². The summed E-state index contributed by atoms with van der Waals surface area (Å²) in [7, 11) is 0. The van der Waals surface area contributed by atoms with Gasteiger partial charge in [-0.1, -0.05) is 12.1 Å². The van der Waals surface area contributed by atoms with Gasteiger partial charge in [-0.05, 0) is 37.3 Å². The van der Waals surface area contributed by atoms with Crippen molar-refractivity contribution >= 4 is 16.6 Å². The molecule has 1 N–H and O–H groups in total. The van der Waals surface area contributed by atoms with Crippen LogP contribution in [0.25, 0.3) is 22.0 Å². The summed E-state index contributed by atoms with van der Waals surface area (Å²) in [5.41, 5.74) is 2.64. The van der Waals surface area contributed by atoms with Gasteiger partial charge in [0.2, 0.25) is 5.92 Å². The fraction of sp³-hybridized carbons (Fsp3) is 0.381. The third kappa shape index (κ3) is 3.89. The fourth-order valence-corrected chi connectivity index (χ4v) is 3.70. The van der Waals surface area contributed by atoms with E-state index < -0.39 is 5.92 Å². The molecule has 2 heterocycles. The van der Waals surface area contributed by atoms with Crippen LogP contribution in [0.2, 0.25) is 0 Å². The first-order valence-electron chi connectivity index (χ1n) is 9.21. The van der Waals surface area contributed by atoms with Crippen molar-refractivity contribution in [3.63, 3.8) is 0 Å². The number of hydrogen-bond acceptors (Lipinski definition) is 3. The normalized spacial score (nSPS) is 17.3. The minimum atomic E-state index is -2.61. The van der Waals surface area contributed by atoms with E-state index in [0.29, 0.717) is 5.69 Å². The van der Waals surface area contributed by atoms with E-state index in [4.69, 9.17) is 0 Å². The molecule has 0 bridgehead atoms. The van der Waals surface area contributed by atoms with Gasteiger partial charge in [-0.2, -0.15) is 0 Å². The smallest absolute Gasteiger partial charge is 0.248 e. The highest BCUT2D eigenvalue weighted by Gasteiger charge is 2.37. The monoisotopic (exact) mass is 369 g/mol. The highest BCUT2D eigenvalue weighted by molar-refractivity contribution is 5.88. The van der Waals surface area contributed by atoms with Gasteiger partial charge in [-0.3, -0.25) is 9.78 Å². The number of carbonyl (C=O) groups excluding carboxylic acids is 1. The SMILES string of the molecule is Cc1ncc(-c2ccc3cnc(CC(=O)C4CCC(F)(F)CC4)cc3c2)[nH]1. The van der Waals surface area contributed by atoms with E-state index in [0.717, 1.165) is 27.9 Å². The molecule has 27 heavy (non-hydrogen) atoms. The maximum Gasteiger partial charge on any atom is 0.248 e. The number of H-pyrrole nitrogens is 1. The number of imidazole rings is 1. The molecule has 0 aliphatic heterocycles. The van der Waals surface area contributed by atoms with Crippen LogP contribution < -0.4 is 0 Å². The number of carbonyl (C=O) groups is 1. The van der Waals surface area contributed by atoms with Crippen molar-refractivity contribution in [2.24, 2.45) is 5.92 Å². The average molecular weight is 369 g/mol. The average Bonchev–Trinajstić information content (AvgIpc) is 3.07. The van der Waals surface area contributed by atoms with Crippen LogP contribution in [0, 0.1) is 12.8 Å². The summed E-state index contributed by atoms with van der Waals surface area (Å²) in [6.07, 6.45) is 3.89. The quantitative estimate of drug-likeness (QED) is 0.714. The lowest BCUT2D eigenvalue weighted by Crippen LogP contribution is -2.29. The zero-order valence-corrected chi connectivity index (χ0v) is 15.1. The largest absolute Gasteiger partial charge is 0.342 e. The lowest BCUT2D eigenvalue weighted by molar-refractivity contribution is -0.126. The van der Waals surface area contributed by atoms with Crippen molar-refractivity contribution in [1.29, 1.82) is 0 Å². The molecule has 0 atom stereocenters. The number of aromatic nitrogens is 3. The summed E-state index contributed by atoms with van der Waals surface area (Å²) in [6, 6.07) is 7.95.